The quantitative estimate of drug-likeness (QED) is 0.906. The number of aromatic nitrogens is 1. The van der Waals surface area contributed by atoms with Crippen molar-refractivity contribution in [3.63, 3.8) is 0 Å². The standard InChI is InChI=1S/C18H23N3OS/c1-12-17(23-13(2)21-12)11-20-18(22)15-6-3-5-14(9-15)16-7-4-8-19-10-16/h3,5-6,9,16,19H,4,7-8,10-11H2,1-2H3,(H,20,22)/t16-/m0/s1. The van der Waals surface area contributed by atoms with Crippen molar-refractivity contribution in [1.29, 1.82) is 0 Å². The highest BCUT2D eigenvalue weighted by Gasteiger charge is 2.16. The van der Waals surface area contributed by atoms with Crippen LogP contribution in [0.5, 0.6) is 0 Å². The zero-order valence-electron chi connectivity index (χ0n) is 13.7. The van der Waals surface area contributed by atoms with Crippen LogP contribution in [-0.2, 0) is 6.54 Å². The molecule has 0 bridgehead atoms. The van der Waals surface area contributed by atoms with E-state index >= 15 is 0 Å². The van der Waals surface area contributed by atoms with Gasteiger partial charge in [-0.3, -0.25) is 4.79 Å². The first-order valence-electron chi connectivity index (χ1n) is 8.15. The minimum atomic E-state index is -0.0129. The Bertz CT molecular complexity index is 689. The molecular formula is C18H23N3OS. The van der Waals surface area contributed by atoms with Crippen molar-refractivity contribution in [2.45, 2.75) is 39.2 Å². The van der Waals surface area contributed by atoms with E-state index in [-0.39, 0.29) is 5.91 Å². The van der Waals surface area contributed by atoms with Gasteiger partial charge in [0.15, 0.2) is 0 Å². The molecule has 0 aliphatic carbocycles. The second kappa shape index (κ2) is 7.23. The first kappa shape index (κ1) is 16.1. The number of carbonyl (C=O) groups is 1. The Morgan fingerprint density at radius 1 is 1.43 bits per heavy atom. The van der Waals surface area contributed by atoms with Crippen LogP contribution in [0.25, 0.3) is 0 Å². The average Bonchev–Trinajstić information content (AvgIpc) is 2.91. The molecule has 0 unspecified atom stereocenters. The largest absolute Gasteiger partial charge is 0.347 e. The minimum Gasteiger partial charge on any atom is -0.347 e. The lowest BCUT2D eigenvalue weighted by molar-refractivity contribution is 0.0951. The molecule has 1 aromatic heterocycles. The Morgan fingerprint density at radius 2 is 2.30 bits per heavy atom. The lowest BCUT2D eigenvalue weighted by atomic mass is 9.90. The van der Waals surface area contributed by atoms with Crippen molar-refractivity contribution < 1.29 is 4.79 Å². The van der Waals surface area contributed by atoms with Crippen LogP contribution in [0.4, 0.5) is 0 Å². The summed E-state index contributed by atoms with van der Waals surface area (Å²) in [4.78, 5) is 18.0. The van der Waals surface area contributed by atoms with Crippen LogP contribution in [0.3, 0.4) is 0 Å². The van der Waals surface area contributed by atoms with E-state index in [1.165, 1.54) is 18.4 Å². The Hall–Kier alpha value is -1.72. The van der Waals surface area contributed by atoms with E-state index in [0.717, 1.165) is 34.2 Å². The number of nitrogens with one attached hydrogen (secondary N) is 2. The van der Waals surface area contributed by atoms with Gasteiger partial charge in [-0.15, -0.1) is 11.3 Å². The molecule has 1 atom stereocenters. The summed E-state index contributed by atoms with van der Waals surface area (Å²) in [5.74, 6) is 0.504. The summed E-state index contributed by atoms with van der Waals surface area (Å²) in [5, 5.41) is 7.49. The predicted octanol–water partition coefficient (Wildman–Crippen LogP) is 3.16. The normalized spacial score (nSPS) is 17.9. The highest BCUT2D eigenvalue weighted by atomic mass is 32.1. The number of hydrogen-bond donors (Lipinski definition) is 2. The number of aryl methyl sites for hydroxylation is 2. The summed E-state index contributed by atoms with van der Waals surface area (Å²) in [7, 11) is 0. The van der Waals surface area contributed by atoms with Crippen LogP contribution in [0.1, 0.15) is 50.3 Å². The van der Waals surface area contributed by atoms with E-state index in [2.05, 4.69) is 21.7 Å². The summed E-state index contributed by atoms with van der Waals surface area (Å²) in [6.07, 6.45) is 2.39. The molecule has 3 rings (SSSR count). The van der Waals surface area contributed by atoms with E-state index in [1.54, 1.807) is 11.3 Å². The van der Waals surface area contributed by atoms with Gasteiger partial charge in [-0.2, -0.15) is 0 Å². The SMILES string of the molecule is Cc1nc(C)c(CNC(=O)c2cccc([C@H]3CCCNC3)c2)s1. The second-order valence-corrected chi connectivity index (χ2v) is 7.38. The monoisotopic (exact) mass is 329 g/mol. The maximum Gasteiger partial charge on any atom is 0.251 e. The molecule has 5 heteroatoms. The van der Waals surface area contributed by atoms with Crippen LogP contribution < -0.4 is 10.6 Å². The lowest BCUT2D eigenvalue weighted by Crippen LogP contribution is -2.28. The number of benzene rings is 1. The molecule has 2 aromatic rings. The summed E-state index contributed by atoms with van der Waals surface area (Å²) < 4.78 is 0. The van der Waals surface area contributed by atoms with E-state index in [0.29, 0.717) is 12.5 Å². The van der Waals surface area contributed by atoms with Crippen molar-refractivity contribution >= 4 is 17.2 Å². The van der Waals surface area contributed by atoms with E-state index < -0.39 is 0 Å². The molecule has 0 radical (unpaired) electrons. The maximum atomic E-state index is 12.4. The van der Waals surface area contributed by atoms with Crippen molar-refractivity contribution in [2.75, 3.05) is 13.1 Å². The van der Waals surface area contributed by atoms with Gasteiger partial charge in [0.2, 0.25) is 0 Å². The van der Waals surface area contributed by atoms with Crippen LogP contribution in [-0.4, -0.2) is 24.0 Å². The highest BCUT2D eigenvalue weighted by Crippen LogP contribution is 2.24. The van der Waals surface area contributed by atoms with Crippen molar-refractivity contribution in [1.82, 2.24) is 15.6 Å². The molecule has 2 heterocycles. The van der Waals surface area contributed by atoms with Crippen LogP contribution in [0, 0.1) is 13.8 Å². The van der Waals surface area contributed by atoms with Gasteiger partial charge in [0.25, 0.3) is 5.91 Å². The Labute approximate surface area is 141 Å². The molecule has 1 aliphatic rings. The number of rotatable bonds is 4. The fraction of sp³-hybridized carbons (Fsp3) is 0.444. The first-order valence-corrected chi connectivity index (χ1v) is 8.97. The number of nitrogens with zero attached hydrogens (tertiary/aromatic N) is 1. The molecule has 1 fully saturated rings. The van der Waals surface area contributed by atoms with Crippen LogP contribution in [0.2, 0.25) is 0 Å². The molecule has 1 amide bonds. The van der Waals surface area contributed by atoms with Gasteiger partial charge in [0.05, 0.1) is 17.2 Å². The van der Waals surface area contributed by atoms with E-state index in [4.69, 9.17) is 0 Å². The number of carbonyl (C=O) groups excluding carboxylic acids is 1. The summed E-state index contributed by atoms with van der Waals surface area (Å²) in [6.45, 7) is 6.63. The second-order valence-electron chi connectivity index (χ2n) is 6.09. The van der Waals surface area contributed by atoms with Crippen LogP contribution in [0.15, 0.2) is 24.3 Å². The number of hydrogen-bond acceptors (Lipinski definition) is 4. The third-order valence-corrected chi connectivity index (χ3v) is 5.40. The van der Waals surface area contributed by atoms with Gasteiger partial charge in [0.1, 0.15) is 0 Å². The summed E-state index contributed by atoms with van der Waals surface area (Å²) in [6, 6.07) is 8.05. The van der Waals surface area contributed by atoms with Crippen molar-refractivity contribution in [3.8, 4) is 0 Å². The first-order chi connectivity index (χ1) is 11.1. The van der Waals surface area contributed by atoms with Gasteiger partial charge in [-0.25, -0.2) is 4.98 Å². The van der Waals surface area contributed by atoms with Gasteiger partial charge >= 0.3 is 0 Å². The summed E-state index contributed by atoms with van der Waals surface area (Å²) >= 11 is 1.64. The van der Waals surface area contributed by atoms with E-state index in [9.17, 15) is 4.79 Å². The minimum absolute atomic E-state index is 0.0129. The highest BCUT2D eigenvalue weighted by molar-refractivity contribution is 7.11. The molecule has 2 N–H and O–H groups in total. The molecule has 1 aliphatic heterocycles. The molecule has 122 valence electrons. The smallest absolute Gasteiger partial charge is 0.251 e. The van der Waals surface area contributed by atoms with Gasteiger partial charge in [-0.1, -0.05) is 12.1 Å². The Morgan fingerprint density at radius 3 is 3.00 bits per heavy atom. The van der Waals surface area contributed by atoms with Crippen molar-refractivity contribution in [3.05, 3.63) is 51.0 Å². The molecule has 0 spiro atoms. The maximum absolute atomic E-state index is 12.4. The fourth-order valence-corrected chi connectivity index (χ4v) is 3.95. The topological polar surface area (TPSA) is 54.0 Å². The van der Waals surface area contributed by atoms with E-state index in [1.807, 2.05) is 32.0 Å². The molecule has 4 nitrogen and oxygen atoms in total. The molecule has 1 saturated heterocycles. The molecule has 1 aromatic carbocycles. The molecular weight excluding hydrogens is 306 g/mol. The van der Waals surface area contributed by atoms with Crippen molar-refractivity contribution in [2.24, 2.45) is 0 Å². The van der Waals surface area contributed by atoms with Crippen LogP contribution >= 0.6 is 11.3 Å². The van der Waals surface area contributed by atoms with Gasteiger partial charge < -0.3 is 10.6 Å². The zero-order valence-corrected chi connectivity index (χ0v) is 14.5. The zero-order chi connectivity index (χ0) is 16.2. The average molecular weight is 329 g/mol. The van der Waals surface area contributed by atoms with Gasteiger partial charge in [-0.05, 0) is 56.8 Å². The fourth-order valence-electron chi connectivity index (χ4n) is 3.07. The summed E-state index contributed by atoms with van der Waals surface area (Å²) in [5.41, 5.74) is 3.01. The Balaban J connectivity index is 1.66. The lowest BCUT2D eigenvalue weighted by Gasteiger charge is -2.23. The molecule has 0 saturated carbocycles. The third kappa shape index (κ3) is 3.98. The number of thiazole rings is 1. The van der Waals surface area contributed by atoms with Gasteiger partial charge in [0, 0.05) is 17.0 Å². The Kier molecular flexibility index (Phi) is 5.08. The number of piperidine rings is 1. The molecule has 23 heavy (non-hydrogen) atoms. The third-order valence-electron chi connectivity index (χ3n) is 4.33. The predicted molar refractivity (Wildman–Crippen MR) is 94.0 cm³/mol. The number of amides is 1.